The Bertz CT molecular complexity index is 624. The van der Waals surface area contributed by atoms with Crippen molar-refractivity contribution in [2.45, 2.75) is 50.6 Å². The summed E-state index contributed by atoms with van der Waals surface area (Å²) in [5, 5.41) is 0. The van der Waals surface area contributed by atoms with Crippen molar-refractivity contribution in [3.63, 3.8) is 0 Å². The van der Waals surface area contributed by atoms with Crippen LogP contribution < -0.4 is 0 Å². The van der Waals surface area contributed by atoms with Gasteiger partial charge in [0.25, 0.3) is 5.91 Å². The Morgan fingerprint density at radius 1 is 1.05 bits per heavy atom. The van der Waals surface area contributed by atoms with E-state index in [0.717, 1.165) is 25.7 Å². The standard InChI is InChI=1S/C16H22N2O3S/c19-16(13-6-9-17-10-7-13)18(14-4-2-1-3-5-14)15-8-11-22(20,21)12-15/h6-7,9-10,14-15H,1-5,8,11-12H2/t15-/m1/s1. The molecule has 1 saturated heterocycles. The van der Waals surface area contributed by atoms with Crippen LogP contribution in [0.25, 0.3) is 0 Å². The van der Waals surface area contributed by atoms with Crippen molar-refractivity contribution in [1.82, 2.24) is 9.88 Å². The molecule has 5 nitrogen and oxygen atoms in total. The average molecular weight is 322 g/mol. The molecule has 0 radical (unpaired) electrons. The van der Waals surface area contributed by atoms with E-state index < -0.39 is 9.84 Å². The molecule has 6 heteroatoms. The van der Waals surface area contributed by atoms with Crippen LogP contribution in [0.15, 0.2) is 24.5 Å². The molecule has 2 fully saturated rings. The third kappa shape index (κ3) is 3.32. The van der Waals surface area contributed by atoms with Crippen LogP contribution >= 0.6 is 0 Å². The molecule has 22 heavy (non-hydrogen) atoms. The Morgan fingerprint density at radius 3 is 2.32 bits per heavy atom. The van der Waals surface area contributed by atoms with Crippen LogP contribution in [-0.4, -0.2) is 47.8 Å². The maximum Gasteiger partial charge on any atom is 0.254 e. The number of amides is 1. The number of rotatable bonds is 3. The van der Waals surface area contributed by atoms with Crippen LogP contribution in [0.5, 0.6) is 0 Å². The zero-order valence-electron chi connectivity index (χ0n) is 12.6. The molecule has 0 spiro atoms. The van der Waals surface area contributed by atoms with E-state index in [2.05, 4.69) is 4.98 Å². The van der Waals surface area contributed by atoms with Crippen LogP contribution in [-0.2, 0) is 9.84 Å². The lowest BCUT2D eigenvalue weighted by Crippen LogP contribution is -2.48. The van der Waals surface area contributed by atoms with Crippen molar-refractivity contribution in [3.05, 3.63) is 30.1 Å². The Morgan fingerprint density at radius 2 is 1.73 bits per heavy atom. The number of hydrogen-bond donors (Lipinski definition) is 0. The summed E-state index contributed by atoms with van der Waals surface area (Å²) in [6, 6.07) is 3.42. The highest BCUT2D eigenvalue weighted by molar-refractivity contribution is 7.91. The molecule has 0 N–H and O–H groups in total. The van der Waals surface area contributed by atoms with E-state index in [0.29, 0.717) is 12.0 Å². The second kappa shape index (κ2) is 6.36. The van der Waals surface area contributed by atoms with Gasteiger partial charge in [-0.2, -0.15) is 0 Å². The second-order valence-electron chi connectivity index (χ2n) is 6.30. The minimum Gasteiger partial charge on any atom is -0.332 e. The summed E-state index contributed by atoms with van der Waals surface area (Å²) in [5.74, 6) is 0.265. The van der Waals surface area contributed by atoms with Gasteiger partial charge in [-0.3, -0.25) is 9.78 Å². The van der Waals surface area contributed by atoms with Gasteiger partial charge < -0.3 is 4.90 Å². The van der Waals surface area contributed by atoms with Crippen LogP contribution in [0.3, 0.4) is 0 Å². The highest BCUT2D eigenvalue weighted by atomic mass is 32.2. The molecule has 1 aliphatic carbocycles. The molecule has 1 aromatic rings. The molecule has 1 aromatic heterocycles. The molecule has 1 amide bonds. The lowest BCUT2D eigenvalue weighted by atomic mass is 9.92. The van der Waals surface area contributed by atoms with Gasteiger partial charge in [-0.1, -0.05) is 19.3 Å². The Kier molecular flexibility index (Phi) is 4.47. The van der Waals surface area contributed by atoms with E-state index in [4.69, 9.17) is 0 Å². The monoisotopic (exact) mass is 322 g/mol. The third-order valence-electron chi connectivity index (χ3n) is 4.73. The van der Waals surface area contributed by atoms with E-state index >= 15 is 0 Å². The Balaban J connectivity index is 1.87. The van der Waals surface area contributed by atoms with Crippen LogP contribution in [0.4, 0.5) is 0 Å². The zero-order valence-corrected chi connectivity index (χ0v) is 13.5. The van der Waals surface area contributed by atoms with E-state index in [1.807, 2.05) is 4.90 Å². The molecule has 0 bridgehead atoms. The Hall–Kier alpha value is -1.43. The van der Waals surface area contributed by atoms with Crippen molar-refractivity contribution in [3.8, 4) is 0 Å². The Labute approximate surface area is 131 Å². The van der Waals surface area contributed by atoms with Crippen LogP contribution in [0.2, 0.25) is 0 Å². The minimum atomic E-state index is -3.00. The van der Waals surface area contributed by atoms with Gasteiger partial charge in [-0.25, -0.2) is 8.42 Å². The first-order chi connectivity index (χ1) is 10.6. The van der Waals surface area contributed by atoms with Crippen molar-refractivity contribution in [2.75, 3.05) is 11.5 Å². The summed E-state index contributed by atoms with van der Waals surface area (Å²) in [6.07, 6.45) is 9.18. The molecule has 2 heterocycles. The molecule has 0 unspecified atom stereocenters. The van der Waals surface area contributed by atoms with Gasteiger partial charge >= 0.3 is 0 Å². The van der Waals surface area contributed by atoms with Gasteiger partial charge in [0.1, 0.15) is 0 Å². The van der Waals surface area contributed by atoms with Gasteiger partial charge in [0.15, 0.2) is 9.84 Å². The second-order valence-corrected chi connectivity index (χ2v) is 8.53. The lowest BCUT2D eigenvalue weighted by molar-refractivity contribution is 0.0541. The molecular weight excluding hydrogens is 300 g/mol. The minimum absolute atomic E-state index is 0.0450. The molecule has 120 valence electrons. The molecule has 1 saturated carbocycles. The van der Waals surface area contributed by atoms with E-state index in [1.54, 1.807) is 24.5 Å². The number of carbonyl (C=O) groups is 1. The van der Waals surface area contributed by atoms with Crippen molar-refractivity contribution in [1.29, 1.82) is 0 Å². The first-order valence-corrected chi connectivity index (χ1v) is 9.82. The number of sulfone groups is 1. The maximum atomic E-state index is 12.9. The van der Waals surface area contributed by atoms with E-state index in [1.165, 1.54) is 6.42 Å². The fraction of sp³-hybridized carbons (Fsp3) is 0.625. The average Bonchev–Trinajstić information content (AvgIpc) is 2.89. The first-order valence-electron chi connectivity index (χ1n) is 8.00. The maximum absolute atomic E-state index is 12.9. The van der Waals surface area contributed by atoms with Crippen molar-refractivity contribution < 1.29 is 13.2 Å². The summed E-state index contributed by atoms with van der Waals surface area (Å²) in [7, 11) is -3.00. The third-order valence-corrected chi connectivity index (χ3v) is 6.48. The number of aromatic nitrogens is 1. The molecule has 2 aliphatic rings. The van der Waals surface area contributed by atoms with Gasteiger partial charge in [-0.15, -0.1) is 0 Å². The van der Waals surface area contributed by atoms with Gasteiger partial charge in [0, 0.05) is 30.0 Å². The van der Waals surface area contributed by atoms with E-state index in [-0.39, 0.29) is 29.5 Å². The summed E-state index contributed by atoms with van der Waals surface area (Å²) in [5.41, 5.74) is 0.602. The normalized spacial score (nSPS) is 25.0. The number of nitrogens with zero attached hydrogens (tertiary/aromatic N) is 2. The first kappa shape index (κ1) is 15.5. The van der Waals surface area contributed by atoms with E-state index in [9.17, 15) is 13.2 Å². The number of pyridine rings is 1. The molecule has 1 atom stereocenters. The fourth-order valence-electron chi connectivity index (χ4n) is 3.63. The van der Waals surface area contributed by atoms with Gasteiger partial charge in [-0.05, 0) is 31.4 Å². The fourth-order valence-corrected chi connectivity index (χ4v) is 5.34. The highest BCUT2D eigenvalue weighted by Gasteiger charge is 2.38. The van der Waals surface area contributed by atoms with Gasteiger partial charge in [0.05, 0.1) is 11.5 Å². The lowest BCUT2D eigenvalue weighted by Gasteiger charge is -2.38. The molecular formula is C16H22N2O3S. The van der Waals surface area contributed by atoms with Crippen LogP contribution in [0.1, 0.15) is 48.9 Å². The number of carbonyl (C=O) groups excluding carboxylic acids is 1. The predicted molar refractivity (Wildman–Crippen MR) is 84.3 cm³/mol. The largest absolute Gasteiger partial charge is 0.332 e. The molecule has 3 rings (SSSR count). The topological polar surface area (TPSA) is 67.3 Å². The van der Waals surface area contributed by atoms with Crippen molar-refractivity contribution >= 4 is 15.7 Å². The highest BCUT2D eigenvalue weighted by Crippen LogP contribution is 2.29. The van der Waals surface area contributed by atoms with Crippen molar-refractivity contribution in [2.24, 2.45) is 0 Å². The van der Waals surface area contributed by atoms with Crippen LogP contribution in [0, 0.1) is 0 Å². The summed E-state index contributed by atoms with van der Waals surface area (Å²) >= 11 is 0. The smallest absolute Gasteiger partial charge is 0.254 e. The zero-order chi connectivity index (χ0) is 15.6. The summed E-state index contributed by atoms with van der Waals surface area (Å²) < 4.78 is 23.7. The predicted octanol–water partition coefficient (Wildman–Crippen LogP) is 2.04. The molecule has 0 aromatic carbocycles. The quantitative estimate of drug-likeness (QED) is 0.854. The number of hydrogen-bond acceptors (Lipinski definition) is 4. The van der Waals surface area contributed by atoms with Gasteiger partial charge in [0.2, 0.25) is 0 Å². The summed E-state index contributed by atoms with van der Waals surface area (Å²) in [4.78, 5) is 18.8. The summed E-state index contributed by atoms with van der Waals surface area (Å²) in [6.45, 7) is 0. The SMILES string of the molecule is O=C(c1ccncc1)N(C1CCCCC1)[C@@H]1CCS(=O)(=O)C1. The molecule has 1 aliphatic heterocycles.